The monoisotopic (exact) mass is 1610 g/mol. The predicted molar refractivity (Wildman–Crippen MR) is 395 cm³/mol. The Balaban J connectivity index is 0.000000191. The molecule has 0 radical (unpaired) electrons. The van der Waals surface area contributed by atoms with E-state index in [4.69, 9.17) is 51.9 Å². The Morgan fingerprint density at radius 2 is 0.633 bits per heavy atom. The van der Waals surface area contributed by atoms with Gasteiger partial charge in [0.1, 0.15) is 36.2 Å². The van der Waals surface area contributed by atoms with Crippen molar-refractivity contribution in [3.8, 4) is 45.3 Å². The highest BCUT2D eigenvalue weighted by atomic mass is 79.9. The Bertz CT molecular complexity index is 3810. The first-order chi connectivity index (χ1) is 47.5. The van der Waals surface area contributed by atoms with Crippen LogP contribution in [0.1, 0.15) is 50.1 Å². The normalized spacial score (nSPS) is 12.7. The molecule has 0 saturated carbocycles. The van der Waals surface area contributed by atoms with Crippen LogP contribution in [-0.2, 0) is 63.0 Å². The number of phenolic OH excluding ortho intramolecular Hbond substituents is 2. The number of aromatic hydroxyl groups is 2. The molecule has 0 amide bonds. The summed E-state index contributed by atoms with van der Waals surface area (Å²) in [5.74, 6) is 2.06. The second kappa shape index (κ2) is 39.0. The van der Waals surface area contributed by atoms with E-state index in [0.29, 0.717) is 85.9 Å². The number of hydrogen-bond acceptors (Lipinski definition) is 16. The number of ether oxygens (including phenoxy) is 10. The van der Waals surface area contributed by atoms with Gasteiger partial charge in [0.25, 0.3) is 10.1 Å². The largest absolute Gasteiger partial charge is 0.508 e. The van der Waals surface area contributed by atoms with Crippen LogP contribution in [0.15, 0.2) is 217 Å². The maximum atomic E-state index is 11.7. The average Bonchev–Trinajstić information content (AvgIpc) is 1.54. The standard InChI is InChI=1S/C35H36Br2O6.C25H16Br2O2.C12H18O5S.C5H12O3/c1-38-15-17-40-19-21-42-29-9-3-25(4-10-29)35(26-5-11-30(12-6-26)43-22-20-41-18-16-39-2)33-23-27(36)7-13-31(33)32-14-8-28(37)24-34(32)35;26-17-5-11-21-22-12-6-18(27)14-24(22)25(23(21)13-17,15-1-7-19(28)8-2-15)16-3-9-20(29)10-4-16;1-11-3-5-12(6-4-11)18(13,14)17-10-9-16-8-7-15-2;1-7-4-5-8-3-2-6/h3-14,23-24H,15-22H2,1-2H3;1-14,28-29H;3-6H,7-10H2,1-2H3;6H,2-5H2,1H3. The van der Waals surface area contributed by atoms with Crippen molar-refractivity contribution in [2.45, 2.75) is 22.6 Å². The first kappa shape index (κ1) is 77.4. The minimum Gasteiger partial charge on any atom is -0.508 e. The fourth-order valence-corrected chi connectivity index (χ4v) is 13.9. The number of phenols is 2. The summed E-state index contributed by atoms with van der Waals surface area (Å²) in [5, 5.41) is 28.0. The van der Waals surface area contributed by atoms with Crippen molar-refractivity contribution in [3.63, 3.8) is 0 Å². The predicted octanol–water partition coefficient (Wildman–Crippen LogP) is 15.6. The van der Waals surface area contributed by atoms with Crippen LogP contribution in [0.25, 0.3) is 22.3 Å². The molecule has 0 bridgehead atoms. The summed E-state index contributed by atoms with van der Waals surface area (Å²) in [6.45, 7) is 8.86. The molecule has 2 aliphatic rings. The molecule has 0 spiro atoms. The molecule has 520 valence electrons. The lowest BCUT2D eigenvalue weighted by molar-refractivity contribution is 0.0500. The molecule has 21 heteroatoms. The Labute approximate surface area is 608 Å². The third kappa shape index (κ3) is 20.0. The van der Waals surface area contributed by atoms with Gasteiger partial charge in [-0.05, 0) is 183 Å². The third-order valence-electron chi connectivity index (χ3n) is 16.0. The molecule has 0 heterocycles. The summed E-state index contributed by atoms with van der Waals surface area (Å²) >= 11 is 14.8. The number of methoxy groups -OCH3 is 4. The van der Waals surface area contributed by atoms with E-state index in [1.54, 1.807) is 64.8 Å². The van der Waals surface area contributed by atoms with Gasteiger partial charge in [0.15, 0.2) is 0 Å². The van der Waals surface area contributed by atoms with Gasteiger partial charge in [-0.1, -0.05) is 154 Å². The van der Waals surface area contributed by atoms with E-state index in [9.17, 15) is 18.6 Å². The van der Waals surface area contributed by atoms with Crippen LogP contribution >= 0.6 is 63.7 Å². The maximum Gasteiger partial charge on any atom is 0.297 e. The van der Waals surface area contributed by atoms with Crippen LogP contribution in [0.3, 0.4) is 0 Å². The molecular weight excluding hydrogens is 1530 g/mol. The lowest BCUT2D eigenvalue weighted by Crippen LogP contribution is -2.28. The summed E-state index contributed by atoms with van der Waals surface area (Å²) in [4.78, 5) is 0.157. The van der Waals surface area contributed by atoms with E-state index >= 15 is 0 Å². The zero-order valence-electron chi connectivity index (χ0n) is 55.4. The van der Waals surface area contributed by atoms with Gasteiger partial charge in [-0.3, -0.25) is 4.18 Å². The molecule has 98 heavy (non-hydrogen) atoms. The lowest BCUT2D eigenvalue weighted by atomic mass is 9.67. The zero-order chi connectivity index (χ0) is 69.9. The molecule has 2 aliphatic carbocycles. The van der Waals surface area contributed by atoms with Crippen molar-refractivity contribution in [1.82, 2.24) is 0 Å². The van der Waals surface area contributed by atoms with E-state index in [0.717, 1.165) is 68.3 Å². The molecule has 9 aromatic carbocycles. The molecule has 11 rings (SSSR count). The van der Waals surface area contributed by atoms with Crippen molar-refractivity contribution in [2.75, 3.05) is 134 Å². The summed E-state index contributed by atoms with van der Waals surface area (Å²) in [6, 6.07) is 64.0. The van der Waals surface area contributed by atoms with Crippen LogP contribution in [0.4, 0.5) is 0 Å². The number of aryl methyl sites for hydroxylation is 1. The molecule has 0 fully saturated rings. The second-order valence-electron chi connectivity index (χ2n) is 22.3. The molecular formula is C77H82Br4O16S. The van der Waals surface area contributed by atoms with Crippen LogP contribution in [0.2, 0.25) is 0 Å². The first-order valence-electron chi connectivity index (χ1n) is 31.7. The molecule has 0 aromatic heterocycles. The minimum absolute atomic E-state index is 0.0000753. The highest BCUT2D eigenvalue weighted by molar-refractivity contribution is 9.11. The number of fused-ring (bicyclic) bond motifs is 6. The van der Waals surface area contributed by atoms with Gasteiger partial charge in [-0.2, -0.15) is 8.42 Å². The first-order valence-corrected chi connectivity index (χ1v) is 36.2. The van der Waals surface area contributed by atoms with E-state index in [2.05, 4.69) is 166 Å². The van der Waals surface area contributed by atoms with Gasteiger partial charge in [0.2, 0.25) is 0 Å². The molecule has 3 N–H and O–H groups in total. The van der Waals surface area contributed by atoms with E-state index < -0.39 is 20.9 Å². The third-order valence-corrected chi connectivity index (χ3v) is 19.3. The number of rotatable bonds is 31. The summed E-state index contributed by atoms with van der Waals surface area (Å²) in [6.07, 6.45) is 0. The maximum absolute atomic E-state index is 11.7. The smallest absolute Gasteiger partial charge is 0.297 e. The van der Waals surface area contributed by atoms with Crippen molar-refractivity contribution in [1.29, 1.82) is 0 Å². The minimum atomic E-state index is -3.68. The van der Waals surface area contributed by atoms with Gasteiger partial charge in [-0.15, -0.1) is 0 Å². The molecule has 0 atom stereocenters. The molecule has 16 nitrogen and oxygen atoms in total. The molecule has 0 aliphatic heterocycles. The van der Waals surface area contributed by atoms with Gasteiger partial charge < -0.3 is 62.7 Å². The Hall–Kier alpha value is -6.35. The number of benzene rings is 9. The summed E-state index contributed by atoms with van der Waals surface area (Å²) in [5.41, 5.74) is 13.8. The van der Waals surface area contributed by atoms with Crippen LogP contribution in [0.5, 0.6) is 23.0 Å². The van der Waals surface area contributed by atoms with Gasteiger partial charge in [0, 0.05) is 46.3 Å². The Morgan fingerprint density at radius 3 is 0.939 bits per heavy atom. The lowest BCUT2D eigenvalue weighted by Gasteiger charge is -2.34. The van der Waals surface area contributed by atoms with E-state index in [-0.39, 0.29) is 36.2 Å². The summed E-state index contributed by atoms with van der Waals surface area (Å²) in [7, 11) is 2.83. The zero-order valence-corrected chi connectivity index (χ0v) is 62.5. The van der Waals surface area contributed by atoms with E-state index in [1.807, 2.05) is 55.5 Å². The van der Waals surface area contributed by atoms with Crippen molar-refractivity contribution in [3.05, 3.63) is 262 Å². The van der Waals surface area contributed by atoms with Crippen LogP contribution in [0, 0.1) is 6.92 Å². The van der Waals surface area contributed by atoms with Crippen LogP contribution in [-0.4, -0.2) is 158 Å². The van der Waals surface area contributed by atoms with Crippen molar-refractivity contribution >= 4 is 73.8 Å². The molecule has 0 unspecified atom stereocenters. The van der Waals surface area contributed by atoms with Crippen molar-refractivity contribution in [2.24, 2.45) is 0 Å². The van der Waals surface area contributed by atoms with Crippen LogP contribution < -0.4 is 9.47 Å². The quantitative estimate of drug-likeness (QED) is 0.0274. The van der Waals surface area contributed by atoms with E-state index in [1.165, 1.54) is 45.5 Å². The SMILES string of the molecule is COCCOCCO.COCCOCCOS(=O)(=O)c1ccc(C)cc1.COCCOCCOc1ccc(C2(c3ccc(OCCOCCOC)cc3)c3cc(Br)ccc3-c3ccc(Br)cc32)cc1.Oc1ccc(C2(c3ccc(O)cc3)c3cc(Br)ccc3-c3ccc(Br)cc32)cc1. The molecule has 9 aromatic rings. The average molecular weight is 1620 g/mol. The topological polar surface area (TPSA) is 196 Å². The fourth-order valence-electron chi connectivity index (χ4n) is 11.6. The Kier molecular flexibility index (Phi) is 30.8. The van der Waals surface area contributed by atoms with Gasteiger partial charge in [0.05, 0.1) is 108 Å². The van der Waals surface area contributed by atoms with Gasteiger partial charge in [-0.25, -0.2) is 0 Å². The number of aliphatic hydroxyl groups excluding tert-OH is 1. The highest BCUT2D eigenvalue weighted by Crippen LogP contribution is 2.59. The number of aliphatic hydroxyl groups is 1. The number of hydrogen-bond donors (Lipinski definition) is 3. The number of halogens is 4. The Morgan fingerprint density at radius 1 is 0.347 bits per heavy atom. The summed E-state index contributed by atoms with van der Waals surface area (Å²) < 4.78 is 84.9. The van der Waals surface area contributed by atoms with Crippen molar-refractivity contribution < 1.29 is 75.3 Å². The molecule has 0 saturated heterocycles. The van der Waals surface area contributed by atoms with Gasteiger partial charge >= 0.3 is 0 Å². The second-order valence-corrected chi connectivity index (χ2v) is 27.6. The fraction of sp³-hybridized carbons (Fsp3) is 0.299. The highest BCUT2D eigenvalue weighted by Gasteiger charge is 2.48.